The Labute approximate surface area is 162 Å². The molecule has 3 aromatic rings. The molecule has 0 saturated carbocycles. The molecule has 1 aromatic heterocycles. The highest BCUT2D eigenvalue weighted by molar-refractivity contribution is 6.02. The number of rotatable bonds is 5. The van der Waals surface area contributed by atoms with Crippen molar-refractivity contribution in [3.63, 3.8) is 0 Å². The quantitative estimate of drug-likeness (QED) is 0.634. The minimum absolute atomic E-state index is 0.00653. The third-order valence-electron chi connectivity index (χ3n) is 4.57. The standard InChI is InChI=1S/C21H21N3O4/c1-14-8-4-5-9-15(14)12-23(2)18(25)13-28-21(27)19-16-10-6-7-11-17(16)20(26)24(3)22-19/h4-11H,12-13H2,1-3H3. The fraction of sp³-hybridized carbons (Fsp3) is 0.238. The van der Waals surface area contributed by atoms with Gasteiger partial charge in [-0.25, -0.2) is 9.48 Å². The topological polar surface area (TPSA) is 81.5 Å². The predicted octanol–water partition coefficient (Wildman–Crippen LogP) is 2.06. The molecule has 28 heavy (non-hydrogen) atoms. The first kappa shape index (κ1) is 19.3. The summed E-state index contributed by atoms with van der Waals surface area (Å²) in [6.45, 7) is 1.99. The first-order chi connectivity index (χ1) is 13.4. The summed E-state index contributed by atoms with van der Waals surface area (Å²) in [5, 5.41) is 4.78. The van der Waals surface area contributed by atoms with E-state index in [1.54, 1.807) is 31.3 Å². The molecule has 2 aromatic carbocycles. The Hall–Kier alpha value is -3.48. The fourth-order valence-corrected chi connectivity index (χ4v) is 2.89. The molecule has 0 fully saturated rings. The summed E-state index contributed by atoms with van der Waals surface area (Å²) in [7, 11) is 3.12. The van der Waals surface area contributed by atoms with Gasteiger partial charge in [0.15, 0.2) is 12.3 Å². The third kappa shape index (κ3) is 3.93. The molecule has 0 spiro atoms. The highest BCUT2D eigenvalue weighted by atomic mass is 16.5. The van der Waals surface area contributed by atoms with E-state index >= 15 is 0 Å². The van der Waals surface area contributed by atoms with Gasteiger partial charge in [-0.1, -0.05) is 42.5 Å². The number of hydrogen-bond acceptors (Lipinski definition) is 5. The van der Waals surface area contributed by atoms with E-state index in [4.69, 9.17) is 4.74 Å². The normalized spacial score (nSPS) is 10.7. The summed E-state index contributed by atoms with van der Waals surface area (Å²) in [4.78, 5) is 38.5. The molecule has 7 heteroatoms. The highest BCUT2D eigenvalue weighted by Gasteiger charge is 2.19. The number of amides is 1. The fourth-order valence-electron chi connectivity index (χ4n) is 2.89. The van der Waals surface area contributed by atoms with E-state index in [0.717, 1.165) is 15.8 Å². The SMILES string of the molecule is Cc1ccccc1CN(C)C(=O)COC(=O)c1nn(C)c(=O)c2ccccc12. The Kier molecular flexibility index (Phi) is 5.54. The number of hydrogen-bond donors (Lipinski definition) is 0. The molecule has 0 aliphatic rings. The van der Waals surface area contributed by atoms with E-state index in [1.807, 2.05) is 31.2 Å². The van der Waals surface area contributed by atoms with Crippen LogP contribution in [-0.2, 0) is 23.1 Å². The molecule has 0 unspecified atom stereocenters. The predicted molar refractivity (Wildman–Crippen MR) is 105 cm³/mol. The van der Waals surface area contributed by atoms with Crippen molar-refractivity contribution in [2.75, 3.05) is 13.7 Å². The van der Waals surface area contributed by atoms with Crippen molar-refractivity contribution in [3.8, 4) is 0 Å². The molecule has 0 saturated heterocycles. The summed E-state index contributed by atoms with van der Waals surface area (Å²) in [5.41, 5.74) is 1.81. The average Bonchev–Trinajstić information content (AvgIpc) is 2.70. The Morgan fingerprint density at radius 1 is 1.07 bits per heavy atom. The van der Waals surface area contributed by atoms with Crippen LogP contribution >= 0.6 is 0 Å². The van der Waals surface area contributed by atoms with Crippen molar-refractivity contribution in [2.45, 2.75) is 13.5 Å². The number of carbonyl (C=O) groups excluding carboxylic acids is 2. The Balaban J connectivity index is 1.71. The number of carbonyl (C=O) groups is 2. The van der Waals surface area contributed by atoms with E-state index in [0.29, 0.717) is 17.3 Å². The lowest BCUT2D eigenvalue weighted by molar-refractivity contribution is -0.133. The van der Waals surface area contributed by atoms with E-state index < -0.39 is 12.6 Å². The number of fused-ring (bicyclic) bond motifs is 1. The van der Waals surface area contributed by atoms with Gasteiger partial charge in [0.25, 0.3) is 11.5 Å². The summed E-state index contributed by atoms with van der Waals surface area (Å²) in [5.74, 6) is -1.07. The molecule has 1 heterocycles. The molecule has 0 atom stereocenters. The smallest absolute Gasteiger partial charge is 0.359 e. The molecule has 144 valence electrons. The van der Waals surface area contributed by atoms with Gasteiger partial charge in [0.1, 0.15) is 0 Å². The van der Waals surface area contributed by atoms with Gasteiger partial charge in [-0.15, -0.1) is 0 Å². The summed E-state index contributed by atoms with van der Waals surface area (Å²) >= 11 is 0. The second-order valence-electron chi connectivity index (χ2n) is 6.58. The summed E-state index contributed by atoms with van der Waals surface area (Å²) in [6, 6.07) is 14.5. The molecular weight excluding hydrogens is 358 g/mol. The van der Waals surface area contributed by atoms with Crippen LogP contribution in [0.5, 0.6) is 0 Å². The lowest BCUT2D eigenvalue weighted by atomic mass is 10.1. The minimum Gasteiger partial charge on any atom is -0.451 e. The first-order valence-corrected chi connectivity index (χ1v) is 8.80. The number of aryl methyl sites for hydroxylation is 2. The number of benzene rings is 2. The van der Waals surface area contributed by atoms with Gasteiger partial charge in [0, 0.05) is 26.0 Å². The largest absolute Gasteiger partial charge is 0.451 e. The van der Waals surface area contributed by atoms with Crippen LogP contribution in [-0.4, -0.2) is 40.2 Å². The zero-order valence-corrected chi connectivity index (χ0v) is 16.0. The monoisotopic (exact) mass is 379 g/mol. The lowest BCUT2D eigenvalue weighted by Crippen LogP contribution is -2.31. The van der Waals surface area contributed by atoms with Gasteiger partial charge in [-0.2, -0.15) is 5.10 Å². The molecule has 0 N–H and O–H groups in total. The molecule has 0 bridgehead atoms. The van der Waals surface area contributed by atoms with Gasteiger partial charge in [0.2, 0.25) is 0 Å². The van der Waals surface area contributed by atoms with Crippen molar-refractivity contribution in [3.05, 3.63) is 75.7 Å². The molecule has 7 nitrogen and oxygen atoms in total. The zero-order valence-electron chi connectivity index (χ0n) is 16.0. The number of ether oxygens (including phenoxy) is 1. The van der Waals surface area contributed by atoms with E-state index in [-0.39, 0.29) is 17.2 Å². The van der Waals surface area contributed by atoms with Crippen LogP contribution in [0, 0.1) is 6.92 Å². The van der Waals surface area contributed by atoms with Crippen molar-refractivity contribution in [2.24, 2.45) is 7.05 Å². The maximum atomic E-state index is 12.5. The molecular formula is C21H21N3O4. The highest BCUT2D eigenvalue weighted by Crippen LogP contribution is 2.14. The van der Waals surface area contributed by atoms with Crippen molar-refractivity contribution in [1.82, 2.24) is 14.7 Å². The van der Waals surface area contributed by atoms with Crippen LogP contribution in [0.2, 0.25) is 0 Å². The maximum absolute atomic E-state index is 12.5. The average molecular weight is 379 g/mol. The second-order valence-corrected chi connectivity index (χ2v) is 6.58. The van der Waals surface area contributed by atoms with Crippen LogP contribution in [0.4, 0.5) is 0 Å². The summed E-state index contributed by atoms with van der Waals surface area (Å²) < 4.78 is 6.26. The van der Waals surface area contributed by atoms with Gasteiger partial charge < -0.3 is 9.64 Å². The van der Waals surface area contributed by atoms with Crippen LogP contribution in [0.25, 0.3) is 10.8 Å². The van der Waals surface area contributed by atoms with Crippen LogP contribution in [0.15, 0.2) is 53.3 Å². The number of esters is 1. The van der Waals surface area contributed by atoms with Crippen molar-refractivity contribution < 1.29 is 14.3 Å². The number of aromatic nitrogens is 2. The maximum Gasteiger partial charge on any atom is 0.359 e. The van der Waals surface area contributed by atoms with E-state index in [2.05, 4.69) is 5.10 Å². The molecule has 3 rings (SSSR count). The molecule has 0 aliphatic carbocycles. The van der Waals surface area contributed by atoms with E-state index in [1.165, 1.54) is 11.9 Å². The molecule has 0 radical (unpaired) electrons. The Morgan fingerprint density at radius 2 is 1.71 bits per heavy atom. The second kappa shape index (κ2) is 8.04. The van der Waals surface area contributed by atoms with Gasteiger partial charge in [0.05, 0.1) is 5.39 Å². The Morgan fingerprint density at radius 3 is 2.43 bits per heavy atom. The first-order valence-electron chi connectivity index (χ1n) is 8.80. The summed E-state index contributed by atoms with van der Waals surface area (Å²) in [6.07, 6.45) is 0. The van der Waals surface area contributed by atoms with Gasteiger partial charge in [-0.3, -0.25) is 9.59 Å². The van der Waals surface area contributed by atoms with Crippen LogP contribution < -0.4 is 5.56 Å². The van der Waals surface area contributed by atoms with Gasteiger partial charge in [-0.05, 0) is 24.1 Å². The van der Waals surface area contributed by atoms with E-state index in [9.17, 15) is 14.4 Å². The van der Waals surface area contributed by atoms with Crippen molar-refractivity contribution in [1.29, 1.82) is 0 Å². The Bertz CT molecular complexity index is 1100. The minimum atomic E-state index is -0.746. The number of likely N-dealkylation sites (N-methyl/N-ethyl adjacent to an activating group) is 1. The lowest BCUT2D eigenvalue weighted by Gasteiger charge is -2.18. The number of nitrogens with zero attached hydrogens (tertiary/aromatic N) is 3. The van der Waals surface area contributed by atoms with Crippen molar-refractivity contribution >= 4 is 22.6 Å². The molecule has 0 aliphatic heterocycles. The van der Waals surface area contributed by atoms with Gasteiger partial charge >= 0.3 is 5.97 Å². The zero-order chi connectivity index (χ0) is 20.3. The third-order valence-corrected chi connectivity index (χ3v) is 4.57. The molecule has 1 amide bonds. The van der Waals surface area contributed by atoms with Crippen LogP contribution in [0.3, 0.4) is 0 Å². The van der Waals surface area contributed by atoms with Crippen LogP contribution in [0.1, 0.15) is 21.6 Å².